The van der Waals surface area contributed by atoms with Gasteiger partial charge in [0.05, 0.1) is 30.4 Å². The van der Waals surface area contributed by atoms with E-state index in [4.69, 9.17) is 25.4 Å². The van der Waals surface area contributed by atoms with Crippen molar-refractivity contribution in [2.75, 3.05) is 26.2 Å². The number of rotatable bonds is 13. The van der Waals surface area contributed by atoms with E-state index in [0.29, 0.717) is 97.7 Å². The second-order valence-electron chi connectivity index (χ2n) is 16.2. The Morgan fingerprint density at radius 2 is 1.60 bits per heavy atom. The highest BCUT2D eigenvalue weighted by molar-refractivity contribution is 6.01. The number of fused-ring (bicyclic) bond motifs is 6. The van der Waals surface area contributed by atoms with Crippen LogP contribution in [-0.4, -0.2) is 71.9 Å². The number of nitrogens with one attached hydrogen (secondary N) is 1. The van der Waals surface area contributed by atoms with Crippen LogP contribution in [0.2, 0.25) is 0 Å². The predicted octanol–water partition coefficient (Wildman–Crippen LogP) is 6.84. The van der Waals surface area contributed by atoms with Gasteiger partial charge >= 0.3 is 23.9 Å². The number of esters is 3. The standard InChI is InChI=1S/C44H50N2O11/c1-27-10-13-32-34(23-27)56-35-25-29(55-41(53)42(2,3)4)12-15-33(35)44(32)31-14-11-28(24-30(31)40(52)57-44)39(51)45-20-8-6-7-9-36(47)46-21-18-43(5,19-22-46)26-54-38(50)17-16-37(48)49/h10-15,23-25H,6-9,16-22,26H2,1-5H3,(H,45,51)(H,48,49)/i5T. The molecule has 6 rings (SSSR count). The number of aliphatic carboxylic acids is 1. The predicted molar refractivity (Wildman–Crippen MR) is 207 cm³/mol. The minimum absolute atomic E-state index is 0.0122. The van der Waals surface area contributed by atoms with Gasteiger partial charge in [-0.3, -0.25) is 24.0 Å². The average molecular weight is 785 g/mol. The van der Waals surface area contributed by atoms with Gasteiger partial charge in [-0.2, -0.15) is 0 Å². The van der Waals surface area contributed by atoms with Crippen LogP contribution in [0.4, 0.5) is 0 Å². The quantitative estimate of drug-likeness (QED) is 0.105. The van der Waals surface area contributed by atoms with E-state index in [2.05, 4.69) is 5.32 Å². The highest BCUT2D eigenvalue weighted by Gasteiger charge is 2.54. The number of ether oxygens (including phenoxy) is 4. The smallest absolute Gasteiger partial charge is 0.340 e. The van der Waals surface area contributed by atoms with Crippen molar-refractivity contribution in [3.05, 3.63) is 88.0 Å². The van der Waals surface area contributed by atoms with E-state index in [-0.39, 0.29) is 43.7 Å². The molecule has 0 aromatic heterocycles. The summed E-state index contributed by atoms with van der Waals surface area (Å²) in [5, 5.41) is 11.7. The molecule has 3 heterocycles. The van der Waals surface area contributed by atoms with Crippen LogP contribution in [0, 0.1) is 17.8 Å². The summed E-state index contributed by atoms with van der Waals surface area (Å²) in [4.78, 5) is 76.8. The van der Waals surface area contributed by atoms with Crippen LogP contribution in [0.5, 0.6) is 17.2 Å². The molecule has 0 saturated carbocycles. The molecule has 1 spiro atoms. The molecule has 302 valence electrons. The van der Waals surface area contributed by atoms with Gasteiger partial charge in [0.1, 0.15) is 17.2 Å². The van der Waals surface area contributed by atoms with Crippen molar-refractivity contribution in [2.45, 2.75) is 91.6 Å². The van der Waals surface area contributed by atoms with Crippen molar-refractivity contribution >= 4 is 35.7 Å². The van der Waals surface area contributed by atoms with E-state index in [0.717, 1.165) is 5.56 Å². The van der Waals surface area contributed by atoms with Crippen LogP contribution >= 0.6 is 0 Å². The number of piperidine rings is 1. The van der Waals surface area contributed by atoms with Crippen molar-refractivity contribution in [1.82, 2.24) is 10.2 Å². The Balaban J connectivity index is 1.03. The van der Waals surface area contributed by atoms with Gasteiger partial charge in [-0.25, -0.2) is 4.79 Å². The monoisotopic (exact) mass is 784 g/mol. The van der Waals surface area contributed by atoms with Crippen LogP contribution in [0.25, 0.3) is 0 Å². The number of benzene rings is 3. The molecule has 3 aromatic carbocycles. The molecule has 3 aliphatic rings. The SMILES string of the molecule is [3H]CC1(COC(=O)CCC(=O)O)CCN(C(=O)CCCCCNC(=O)c2ccc3c(c2)C(=O)OC32c3ccc(C)cc3Oc3cc(OC(=O)C(C)(C)C)ccc32)CC1. The van der Waals surface area contributed by atoms with Gasteiger partial charge in [0.25, 0.3) is 5.91 Å². The molecule has 2 amide bonds. The van der Waals surface area contributed by atoms with E-state index >= 15 is 0 Å². The van der Waals surface area contributed by atoms with E-state index in [1.165, 1.54) is 0 Å². The van der Waals surface area contributed by atoms with Gasteiger partial charge in [0.15, 0.2) is 5.60 Å². The molecule has 1 saturated heterocycles. The average Bonchev–Trinajstić information content (AvgIpc) is 3.48. The summed E-state index contributed by atoms with van der Waals surface area (Å²) < 4.78 is 31.5. The zero-order valence-electron chi connectivity index (χ0n) is 33.9. The zero-order chi connectivity index (χ0) is 41.8. The summed E-state index contributed by atoms with van der Waals surface area (Å²) in [6.07, 6.45) is 2.86. The molecule has 1 atom stereocenters. The lowest BCUT2D eigenvalue weighted by molar-refractivity contribution is -0.151. The number of likely N-dealkylation sites (tertiary alicyclic amines) is 1. The van der Waals surface area contributed by atoms with Gasteiger partial charge in [-0.1, -0.05) is 31.5 Å². The van der Waals surface area contributed by atoms with Crippen molar-refractivity contribution < 1.29 is 54.2 Å². The second-order valence-corrected chi connectivity index (χ2v) is 16.2. The number of carbonyl (C=O) groups is 6. The van der Waals surface area contributed by atoms with E-state index in [1.54, 1.807) is 62.1 Å². The first-order chi connectivity index (χ1) is 27.5. The lowest BCUT2D eigenvalue weighted by Crippen LogP contribution is -2.44. The summed E-state index contributed by atoms with van der Waals surface area (Å²) >= 11 is 0. The number of nitrogens with zero attached hydrogens (tertiary/aromatic N) is 1. The fraction of sp³-hybridized carbons (Fsp3) is 0.455. The summed E-state index contributed by atoms with van der Waals surface area (Å²) in [7, 11) is 0. The lowest BCUT2D eigenvalue weighted by Gasteiger charge is -2.39. The number of carboxylic acids is 1. The maximum absolute atomic E-state index is 13.6. The third-order valence-electron chi connectivity index (χ3n) is 10.6. The molecule has 1 fully saturated rings. The second kappa shape index (κ2) is 16.4. The van der Waals surface area contributed by atoms with Gasteiger partial charge in [-0.05, 0) is 89.3 Å². The normalized spacial score (nSPS) is 17.9. The van der Waals surface area contributed by atoms with E-state index in [9.17, 15) is 28.8 Å². The summed E-state index contributed by atoms with van der Waals surface area (Å²) in [6, 6.07) is 15.6. The van der Waals surface area contributed by atoms with Crippen LogP contribution in [0.1, 0.15) is 123 Å². The van der Waals surface area contributed by atoms with Crippen LogP contribution < -0.4 is 14.8 Å². The number of amides is 2. The van der Waals surface area contributed by atoms with Gasteiger partial charge < -0.3 is 34.3 Å². The summed E-state index contributed by atoms with van der Waals surface area (Å²) in [5.41, 5.74) is 0.587. The number of hydrogen-bond donors (Lipinski definition) is 2. The summed E-state index contributed by atoms with van der Waals surface area (Å²) in [6.45, 7) is 8.58. The third kappa shape index (κ3) is 8.97. The maximum atomic E-state index is 13.6. The van der Waals surface area contributed by atoms with Crippen molar-refractivity contribution in [1.29, 1.82) is 0 Å². The molecule has 2 N–H and O–H groups in total. The fourth-order valence-corrected chi connectivity index (χ4v) is 7.21. The van der Waals surface area contributed by atoms with Crippen LogP contribution in [-0.2, 0) is 34.3 Å². The highest BCUT2D eigenvalue weighted by Crippen LogP contribution is 2.56. The number of hydrogen-bond acceptors (Lipinski definition) is 10. The van der Waals surface area contributed by atoms with Crippen molar-refractivity contribution in [3.63, 3.8) is 0 Å². The number of carbonyl (C=O) groups excluding carboxylic acids is 5. The molecular weight excluding hydrogens is 732 g/mol. The molecule has 0 aliphatic carbocycles. The van der Waals surface area contributed by atoms with Crippen LogP contribution in [0.3, 0.4) is 0 Å². The largest absolute Gasteiger partial charge is 0.481 e. The van der Waals surface area contributed by atoms with Crippen molar-refractivity contribution in [2.24, 2.45) is 10.8 Å². The minimum atomic E-state index is -1.36. The molecule has 3 aliphatic heterocycles. The van der Waals surface area contributed by atoms with E-state index in [1.807, 2.05) is 25.1 Å². The topological polar surface area (TPSA) is 175 Å². The first-order valence-corrected chi connectivity index (χ1v) is 19.3. The molecule has 3 aromatic rings. The molecule has 13 heteroatoms. The first-order valence-electron chi connectivity index (χ1n) is 20.0. The first kappa shape index (κ1) is 39.5. The Hall–Kier alpha value is -5.72. The number of aryl methyl sites for hydroxylation is 1. The molecule has 0 radical (unpaired) electrons. The Morgan fingerprint density at radius 3 is 2.30 bits per heavy atom. The molecular formula is C44H50N2O11. The summed E-state index contributed by atoms with van der Waals surface area (Å²) in [5.74, 6) is -1.86. The molecule has 1 unspecified atom stereocenters. The van der Waals surface area contributed by atoms with E-state index < -0.39 is 40.3 Å². The zero-order valence-corrected chi connectivity index (χ0v) is 32.9. The number of carboxylic acid groups (broad SMARTS) is 1. The van der Waals surface area contributed by atoms with Crippen LogP contribution in [0.15, 0.2) is 54.6 Å². The Bertz CT molecular complexity index is 2120. The fourth-order valence-electron chi connectivity index (χ4n) is 7.21. The molecule has 13 nitrogen and oxygen atoms in total. The lowest BCUT2D eigenvalue weighted by atomic mass is 9.77. The molecule has 0 bridgehead atoms. The van der Waals surface area contributed by atoms with Gasteiger partial charge in [0, 0.05) is 61.2 Å². The van der Waals surface area contributed by atoms with Gasteiger partial charge in [-0.15, -0.1) is 0 Å². The van der Waals surface area contributed by atoms with Gasteiger partial charge in [0.2, 0.25) is 5.91 Å². The Morgan fingerprint density at radius 1 is 0.895 bits per heavy atom. The molecule has 57 heavy (non-hydrogen) atoms. The van der Waals surface area contributed by atoms with Crippen molar-refractivity contribution in [3.8, 4) is 17.2 Å². The maximum Gasteiger partial charge on any atom is 0.340 e. The Kier molecular flexibility index (Phi) is 11.4. The Labute approximate surface area is 333 Å². The minimum Gasteiger partial charge on any atom is -0.481 e. The third-order valence-corrected chi connectivity index (χ3v) is 10.6. The number of unbranched alkanes of at least 4 members (excludes halogenated alkanes) is 2. The highest BCUT2D eigenvalue weighted by atomic mass is 16.6.